The Morgan fingerprint density at radius 2 is 1.93 bits per heavy atom. The second-order valence-electron chi connectivity index (χ2n) is 7.27. The average molecular weight is 431 g/mol. The fraction of sp³-hybridized carbons (Fsp3) is 0.300. The van der Waals surface area contributed by atoms with E-state index >= 15 is 0 Å². The summed E-state index contributed by atoms with van der Waals surface area (Å²) < 4.78 is 34.7. The van der Waals surface area contributed by atoms with Gasteiger partial charge in [-0.15, -0.1) is 0 Å². The van der Waals surface area contributed by atoms with Gasteiger partial charge in [0.2, 0.25) is 10.0 Å². The van der Waals surface area contributed by atoms with E-state index in [-0.39, 0.29) is 17.9 Å². The number of fused-ring (bicyclic) bond motifs is 1. The maximum absolute atomic E-state index is 12.7. The number of aryl methyl sites for hydroxylation is 1. The Labute approximate surface area is 172 Å². The molecule has 0 unspecified atom stereocenters. The minimum atomic E-state index is -3.82. The normalized spacial score (nSPS) is 21.9. The van der Waals surface area contributed by atoms with Gasteiger partial charge in [-0.25, -0.2) is 17.9 Å². The average Bonchev–Trinajstić information content (AvgIpc) is 3.09. The van der Waals surface area contributed by atoms with Gasteiger partial charge in [-0.2, -0.15) is 0 Å². The van der Waals surface area contributed by atoms with Crippen LogP contribution in [-0.4, -0.2) is 41.8 Å². The number of ether oxygens (including phenoxy) is 1. The third-order valence-corrected chi connectivity index (χ3v) is 6.59. The van der Waals surface area contributed by atoms with Crippen molar-refractivity contribution >= 4 is 20.8 Å². The summed E-state index contributed by atoms with van der Waals surface area (Å²) in [5, 5.41) is 12.0. The smallest absolute Gasteiger partial charge is 0.330 e. The Kier molecular flexibility index (Phi) is 5.33. The molecule has 4 rings (SSSR count). The largest absolute Gasteiger partial charge is 0.390 e. The predicted octanol–water partition coefficient (Wildman–Crippen LogP) is 0.625. The molecule has 10 heteroatoms. The molecule has 3 aromatic rings. The van der Waals surface area contributed by atoms with Gasteiger partial charge in [0.1, 0.15) is 6.23 Å². The number of benzene rings is 2. The lowest BCUT2D eigenvalue weighted by atomic mass is 10.1. The number of aliphatic hydroxyl groups is 1. The van der Waals surface area contributed by atoms with Crippen LogP contribution in [0.3, 0.4) is 0 Å². The first-order chi connectivity index (χ1) is 14.2. The Morgan fingerprint density at radius 3 is 2.70 bits per heavy atom. The van der Waals surface area contributed by atoms with Crippen molar-refractivity contribution < 1.29 is 18.3 Å². The third-order valence-electron chi connectivity index (χ3n) is 5.17. The summed E-state index contributed by atoms with van der Waals surface area (Å²) in [6, 6.07) is 12.2. The number of aromatic nitrogens is 2. The predicted molar refractivity (Wildman–Crippen MR) is 110 cm³/mol. The third kappa shape index (κ3) is 3.94. The lowest BCUT2D eigenvalue weighted by Crippen LogP contribution is -2.37. The number of hydrogen-bond donors (Lipinski definition) is 3. The molecule has 1 saturated heterocycles. The van der Waals surface area contributed by atoms with Crippen molar-refractivity contribution in [3.8, 4) is 0 Å². The van der Waals surface area contributed by atoms with E-state index in [0.717, 1.165) is 10.8 Å². The molecule has 0 bridgehead atoms. The summed E-state index contributed by atoms with van der Waals surface area (Å²) in [6.45, 7) is 1.39. The van der Waals surface area contributed by atoms with Gasteiger partial charge in [-0.05, 0) is 29.8 Å². The highest BCUT2D eigenvalue weighted by atomic mass is 32.2. The van der Waals surface area contributed by atoms with E-state index in [9.17, 15) is 23.1 Å². The van der Waals surface area contributed by atoms with E-state index in [1.54, 1.807) is 19.1 Å². The zero-order valence-electron chi connectivity index (χ0n) is 16.1. The van der Waals surface area contributed by atoms with Crippen molar-refractivity contribution in [2.45, 2.75) is 36.7 Å². The summed E-state index contributed by atoms with van der Waals surface area (Å²) in [7, 11) is -3.82. The zero-order chi connectivity index (χ0) is 21.5. The molecule has 30 heavy (non-hydrogen) atoms. The highest BCUT2D eigenvalue weighted by Gasteiger charge is 2.36. The molecule has 2 heterocycles. The molecule has 3 N–H and O–H groups in total. The number of nitrogens with zero attached hydrogens (tertiary/aromatic N) is 1. The van der Waals surface area contributed by atoms with E-state index in [2.05, 4.69) is 9.71 Å². The van der Waals surface area contributed by atoms with E-state index in [4.69, 9.17) is 4.74 Å². The zero-order valence-corrected chi connectivity index (χ0v) is 16.9. The van der Waals surface area contributed by atoms with Crippen LogP contribution < -0.4 is 16.0 Å². The highest BCUT2D eigenvalue weighted by Crippen LogP contribution is 2.27. The fourth-order valence-electron chi connectivity index (χ4n) is 3.48. The second-order valence-corrected chi connectivity index (χ2v) is 9.04. The minimum Gasteiger partial charge on any atom is -0.390 e. The summed E-state index contributed by atoms with van der Waals surface area (Å²) >= 11 is 0. The van der Waals surface area contributed by atoms with Gasteiger partial charge in [0.25, 0.3) is 5.56 Å². The van der Waals surface area contributed by atoms with E-state index < -0.39 is 39.7 Å². The van der Waals surface area contributed by atoms with Gasteiger partial charge in [0.05, 0.1) is 17.1 Å². The van der Waals surface area contributed by atoms with Gasteiger partial charge in [0.15, 0.2) is 0 Å². The number of H-pyrrole nitrogens is 1. The molecule has 0 saturated carbocycles. The van der Waals surface area contributed by atoms with Crippen LogP contribution in [0.25, 0.3) is 10.8 Å². The maximum atomic E-state index is 12.7. The molecule has 158 valence electrons. The maximum Gasteiger partial charge on any atom is 0.330 e. The molecule has 1 aromatic heterocycles. The van der Waals surface area contributed by atoms with Crippen LogP contribution in [0.1, 0.15) is 18.2 Å². The van der Waals surface area contributed by atoms with Crippen LogP contribution in [0.5, 0.6) is 0 Å². The molecule has 9 nitrogen and oxygen atoms in total. The van der Waals surface area contributed by atoms with E-state index in [0.29, 0.717) is 5.56 Å². The van der Waals surface area contributed by atoms with E-state index in [1.807, 2.05) is 24.3 Å². The van der Waals surface area contributed by atoms with Crippen molar-refractivity contribution in [3.05, 3.63) is 75.1 Å². The number of nitrogens with one attached hydrogen (secondary N) is 2. The van der Waals surface area contributed by atoms with Crippen LogP contribution in [-0.2, 0) is 14.8 Å². The van der Waals surface area contributed by atoms with Crippen LogP contribution in [0.15, 0.2) is 63.1 Å². The minimum absolute atomic E-state index is 0.0910. The SMILES string of the molecule is Cc1cn([C@H]2C[C@H](O)[C@@H](CNS(=O)(=O)c3ccc4ccccc4c3)O2)c(=O)[nH]c1=O. The van der Waals surface area contributed by atoms with Crippen LogP contribution >= 0.6 is 0 Å². The van der Waals surface area contributed by atoms with Gasteiger partial charge < -0.3 is 9.84 Å². The van der Waals surface area contributed by atoms with E-state index in [1.165, 1.54) is 16.8 Å². The first-order valence-corrected chi connectivity index (χ1v) is 10.9. The summed E-state index contributed by atoms with van der Waals surface area (Å²) in [5.41, 5.74) is -0.817. The summed E-state index contributed by atoms with van der Waals surface area (Å²) in [5.74, 6) is 0. The number of sulfonamides is 1. The van der Waals surface area contributed by atoms with Crippen LogP contribution in [0.2, 0.25) is 0 Å². The molecule has 1 aliphatic rings. The molecular weight excluding hydrogens is 410 g/mol. The molecule has 0 amide bonds. The summed E-state index contributed by atoms with van der Waals surface area (Å²) in [6.07, 6.45) is -1.18. The van der Waals surface area contributed by atoms with Crippen molar-refractivity contribution in [1.82, 2.24) is 14.3 Å². The number of aliphatic hydroxyl groups excluding tert-OH is 1. The Morgan fingerprint density at radius 1 is 1.20 bits per heavy atom. The van der Waals surface area contributed by atoms with Crippen molar-refractivity contribution in [2.24, 2.45) is 0 Å². The van der Waals surface area contributed by atoms with Gasteiger partial charge >= 0.3 is 5.69 Å². The first kappa shape index (κ1) is 20.5. The van der Waals surface area contributed by atoms with Crippen molar-refractivity contribution in [3.63, 3.8) is 0 Å². The van der Waals surface area contributed by atoms with Gasteiger partial charge in [-0.1, -0.05) is 30.3 Å². The molecule has 3 atom stereocenters. The van der Waals surface area contributed by atoms with Gasteiger partial charge in [-0.3, -0.25) is 14.3 Å². The molecule has 0 radical (unpaired) electrons. The molecule has 2 aromatic carbocycles. The van der Waals surface area contributed by atoms with Gasteiger partial charge in [0, 0.05) is 24.7 Å². The van der Waals surface area contributed by atoms with Crippen molar-refractivity contribution in [2.75, 3.05) is 6.54 Å². The Balaban J connectivity index is 1.48. The lowest BCUT2D eigenvalue weighted by molar-refractivity contribution is -0.0169. The number of rotatable bonds is 5. The molecule has 1 aliphatic heterocycles. The molecular formula is C20H21N3O6S. The molecule has 0 spiro atoms. The second kappa shape index (κ2) is 7.80. The monoisotopic (exact) mass is 431 g/mol. The standard InChI is InChI=1S/C20H21N3O6S/c1-12-11-23(20(26)22-19(12)25)18-9-16(24)17(29-18)10-21-30(27,28)15-7-6-13-4-2-3-5-14(13)8-15/h2-8,11,16-18,21,24H,9-10H2,1H3,(H,22,25,26)/t16-,17+,18+/m0/s1. The van der Waals surface area contributed by atoms with Crippen LogP contribution in [0.4, 0.5) is 0 Å². The molecule has 0 aliphatic carbocycles. The number of hydrogen-bond acceptors (Lipinski definition) is 6. The quantitative estimate of drug-likeness (QED) is 0.543. The topological polar surface area (TPSA) is 130 Å². The number of aromatic amines is 1. The fourth-order valence-corrected chi connectivity index (χ4v) is 4.56. The summed E-state index contributed by atoms with van der Waals surface area (Å²) in [4.78, 5) is 25.9. The molecule has 1 fully saturated rings. The van der Waals surface area contributed by atoms with Crippen LogP contribution in [0, 0.1) is 6.92 Å². The lowest BCUT2D eigenvalue weighted by Gasteiger charge is -2.17. The highest BCUT2D eigenvalue weighted by molar-refractivity contribution is 7.89. The first-order valence-electron chi connectivity index (χ1n) is 9.39. The Hall–Kier alpha value is -2.79. The van der Waals surface area contributed by atoms with Crippen molar-refractivity contribution in [1.29, 1.82) is 0 Å². The Bertz CT molecular complexity index is 1310.